The molecule has 0 saturated carbocycles. The van der Waals surface area contributed by atoms with Crippen LogP contribution < -0.4 is 9.64 Å². The first kappa shape index (κ1) is 26.5. The van der Waals surface area contributed by atoms with Gasteiger partial charge in [0.05, 0.1) is 25.5 Å². The van der Waals surface area contributed by atoms with Gasteiger partial charge in [-0.2, -0.15) is 0 Å². The number of urea groups is 1. The number of imide groups is 1. The molecule has 1 atom stereocenters. The fraction of sp³-hybridized carbons (Fsp3) is 0.400. The summed E-state index contributed by atoms with van der Waals surface area (Å²) in [7, 11) is 1.60. The van der Waals surface area contributed by atoms with E-state index in [2.05, 4.69) is 11.1 Å². The third-order valence-corrected chi connectivity index (χ3v) is 7.20. The number of pyridine rings is 1. The van der Waals surface area contributed by atoms with Gasteiger partial charge in [-0.1, -0.05) is 30.3 Å². The molecule has 1 unspecified atom stereocenters. The van der Waals surface area contributed by atoms with Crippen molar-refractivity contribution in [1.82, 2.24) is 14.8 Å². The molecular formula is C30H34N4O5. The number of aromatic nitrogens is 1. The van der Waals surface area contributed by atoms with Crippen molar-refractivity contribution in [3.8, 4) is 5.75 Å². The molecular weight excluding hydrogens is 496 g/mol. The highest BCUT2D eigenvalue weighted by Gasteiger charge is 2.35. The Kier molecular flexibility index (Phi) is 7.16. The topological polar surface area (TPSA) is 92.3 Å². The minimum absolute atomic E-state index is 0.128. The second kappa shape index (κ2) is 10.6. The SMILES string of the molecule is COc1ccc(CN2C(=O)CCN(c3cncc4c(C5CCN(C(=O)OC(C)(C)C)C5)cccc34)C2=O)cc1. The van der Waals surface area contributed by atoms with Crippen LogP contribution in [-0.4, -0.2) is 65.2 Å². The smallest absolute Gasteiger partial charge is 0.410 e. The molecule has 2 saturated heterocycles. The van der Waals surface area contributed by atoms with Gasteiger partial charge in [-0.15, -0.1) is 0 Å². The highest BCUT2D eigenvalue weighted by Crippen LogP contribution is 2.36. The first-order valence-electron chi connectivity index (χ1n) is 13.2. The van der Waals surface area contributed by atoms with Crippen LogP contribution >= 0.6 is 0 Å². The fourth-order valence-electron chi connectivity index (χ4n) is 5.26. The molecule has 2 aliphatic rings. The number of hydrogen-bond donors (Lipinski definition) is 0. The Balaban J connectivity index is 1.39. The zero-order chi connectivity index (χ0) is 27.7. The number of carbonyl (C=O) groups excluding carboxylic acids is 3. The van der Waals surface area contributed by atoms with Gasteiger partial charge in [-0.25, -0.2) is 9.59 Å². The van der Waals surface area contributed by atoms with E-state index in [4.69, 9.17) is 9.47 Å². The van der Waals surface area contributed by atoms with Crippen LogP contribution in [0.3, 0.4) is 0 Å². The minimum atomic E-state index is -0.545. The molecule has 0 aliphatic carbocycles. The Bertz CT molecular complexity index is 1400. The van der Waals surface area contributed by atoms with E-state index in [1.807, 2.05) is 63.4 Å². The number of hydrogen-bond acceptors (Lipinski definition) is 6. The maximum Gasteiger partial charge on any atom is 0.410 e. The molecule has 3 heterocycles. The zero-order valence-corrected chi connectivity index (χ0v) is 22.8. The first-order valence-corrected chi connectivity index (χ1v) is 13.2. The molecule has 2 aliphatic heterocycles. The lowest BCUT2D eigenvalue weighted by molar-refractivity contribution is -0.129. The number of amides is 4. The molecule has 0 bridgehead atoms. The summed E-state index contributed by atoms with van der Waals surface area (Å²) in [5, 5.41) is 1.84. The van der Waals surface area contributed by atoms with Crippen LogP contribution in [0.1, 0.15) is 50.7 Å². The van der Waals surface area contributed by atoms with Gasteiger partial charge in [0.1, 0.15) is 11.4 Å². The summed E-state index contributed by atoms with van der Waals surface area (Å²) in [5.74, 6) is 0.642. The van der Waals surface area contributed by atoms with Gasteiger partial charge < -0.3 is 14.4 Å². The highest BCUT2D eigenvalue weighted by atomic mass is 16.6. The maximum atomic E-state index is 13.6. The van der Waals surface area contributed by atoms with Crippen LogP contribution in [0, 0.1) is 0 Å². The molecule has 0 spiro atoms. The molecule has 9 heteroatoms. The summed E-state index contributed by atoms with van der Waals surface area (Å²) in [4.78, 5) is 48.2. The van der Waals surface area contributed by atoms with E-state index in [1.165, 1.54) is 4.90 Å². The summed E-state index contributed by atoms with van der Waals surface area (Å²) in [5.41, 5.74) is 2.06. The van der Waals surface area contributed by atoms with E-state index in [0.29, 0.717) is 24.5 Å². The lowest BCUT2D eigenvalue weighted by Crippen LogP contribution is -2.52. The minimum Gasteiger partial charge on any atom is -0.497 e. The van der Waals surface area contributed by atoms with Crippen LogP contribution in [0.2, 0.25) is 0 Å². The third-order valence-electron chi connectivity index (χ3n) is 7.20. The molecule has 2 aromatic carbocycles. The van der Waals surface area contributed by atoms with E-state index < -0.39 is 5.60 Å². The van der Waals surface area contributed by atoms with Gasteiger partial charge in [-0.3, -0.25) is 19.6 Å². The van der Waals surface area contributed by atoms with Gasteiger partial charge in [0.15, 0.2) is 0 Å². The summed E-state index contributed by atoms with van der Waals surface area (Å²) in [6.45, 7) is 7.25. The monoisotopic (exact) mass is 530 g/mol. The van der Waals surface area contributed by atoms with Crippen LogP contribution in [0.5, 0.6) is 5.75 Å². The molecule has 204 valence electrons. The first-order chi connectivity index (χ1) is 18.6. The quantitative estimate of drug-likeness (QED) is 0.443. The van der Waals surface area contributed by atoms with Crippen molar-refractivity contribution < 1.29 is 23.9 Å². The molecule has 39 heavy (non-hydrogen) atoms. The van der Waals surface area contributed by atoms with Crippen molar-refractivity contribution in [1.29, 1.82) is 0 Å². The predicted octanol–water partition coefficient (Wildman–Crippen LogP) is 5.33. The summed E-state index contributed by atoms with van der Waals surface area (Å²) >= 11 is 0. The molecule has 0 radical (unpaired) electrons. The zero-order valence-electron chi connectivity index (χ0n) is 22.8. The molecule has 4 amide bonds. The van der Waals surface area contributed by atoms with E-state index in [9.17, 15) is 14.4 Å². The van der Waals surface area contributed by atoms with Crippen molar-refractivity contribution in [3.05, 3.63) is 66.0 Å². The van der Waals surface area contributed by atoms with E-state index in [1.54, 1.807) is 23.1 Å². The van der Waals surface area contributed by atoms with Gasteiger partial charge >= 0.3 is 12.1 Å². The second-order valence-electron chi connectivity index (χ2n) is 11.0. The van der Waals surface area contributed by atoms with Crippen LogP contribution in [-0.2, 0) is 16.1 Å². The van der Waals surface area contributed by atoms with E-state index >= 15 is 0 Å². The van der Waals surface area contributed by atoms with Gasteiger partial charge in [-0.05, 0) is 50.5 Å². The van der Waals surface area contributed by atoms with Crippen molar-refractivity contribution in [2.24, 2.45) is 0 Å². The Morgan fingerprint density at radius 2 is 1.79 bits per heavy atom. The van der Waals surface area contributed by atoms with Gasteiger partial charge in [0.2, 0.25) is 5.91 Å². The maximum absolute atomic E-state index is 13.6. The Labute approximate surface area is 228 Å². The number of likely N-dealkylation sites (tertiary alicyclic amines) is 1. The number of ether oxygens (including phenoxy) is 2. The van der Waals surface area contributed by atoms with E-state index in [0.717, 1.165) is 28.3 Å². The predicted molar refractivity (Wildman–Crippen MR) is 148 cm³/mol. The second-order valence-corrected chi connectivity index (χ2v) is 11.0. The largest absolute Gasteiger partial charge is 0.497 e. The Morgan fingerprint density at radius 1 is 1.03 bits per heavy atom. The lowest BCUT2D eigenvalue weighted by atomic mass is 9.93. The normalized spacial score (nSPS) is 18.2. The van der Waals surface area contributed by atoms with Crippen LogP contribution in [0.25, 0.3) is 10.8 Å². The number of methoxy groups -OCH3 is 1. The van der Waals surface area contributed by atoms with Crippen LogP contribution in [0.15, 0.2) is 54.9 Å². The molecule has 5 rings (SSSR count). The van der Waals surface area contributed by atoms with E-state index in [-0.39, 0.29) is 43.5 Å². The van der Waals surface area contributed by atoms with Gasteiger partial charge in [0.25, 0.3) is 0 Å². The lowest BCUT2D eigenvalue weighted by Gasteiger charge is -2.34. The number of anilines is 1. The van der Waals surface area contributed by atoms with Crippen molar-refractivity contribution in [2.75, 3.05) is 31.6 Å². The average Bonchev–Trinajstić information content (AvgIpc) is 3.40. The number of carbonyl (C=O) groups is 3. The van der Waals surface area contributed by atoms with Crippen molar-refractivity contribution in [2.45, 2.75) is 51.7 Å². The van der Waals surface area contributed by atoms with Crippen molar-refractivity contribution >= 4 is 34.5 Å². The van der Waals surface area contributed by atoms with Crippen molar-refractivity contribution in [3.63, 3.8) is 0 Å². The Hall–Kier alpha value is -4.14. The molecule has 9 nitrogen and oxygen atoms in total. The number of benzene rings is 2. The van der Waals surface area contributed by atoms with Gasteiger partial charge in [0, 0.05) is 48.9 Å². The van der Waals surface area contributed by atoms with Crippen LogP contribution in [0.4, 0.5) is 15.3 Å². The molecule has 1 aromatic heterocycles. The highest BCUT2D eigenvalue weighted by molar-refractivity contribution is 6.10. The summed E-state index contributed by atoms with van der Waals surface area (Å²) in [6, 6.07) is 13.0. The Morgan fingerprint density at radius 3 is 2.51 bits per heavy atom. The average molecular weight is 531 g/mol. The number of fused-ring (bicyclic) bond motifs is 1. The molecule has 2 fully saturated rings. The number of rotatable bonds is 5. The number of nitrogens with zero attached hydrogens (tertiary/aromatic N) is 4. The standard InChI is InChI=1S/C30H34N4O5/c1-30(2,3)39-29(37)32-14-12-21(19-32)23-6-5-7-24-25(23)16-31-17-26(24)33-15-13-27(35)34(28(33)36)18-20-8-10-22(38-4)11-9-20/h5-11,16-17,21H,12-15,18-19H2,1-4H3. The third kappa shape index (κ3) is 5.53. The fourth-order valence-corrected chi connectivity index (χ4v) is 5.26. The summed E-state index contributed by atoms with van der Waals surface area (Å²) < 4.78 is 10.8. The molecule has 3 aromatic rings. The summed E-state index contributed by atoms with van der Waals surface area (Å²) in [6.07, 6.45) is 4.25. The molecule has 0 N–H and O–H groups in total.